The Kier molecular flexibility index (Phi) is 3.27. The summed E-state index contributed by atoms with van der Waals surface area (Å²) < 4.78 is 0. The second-order valence-electron chi connectivity index (χ2n) is 4.42. The van der Waals surface area contributed by atoms with Crippen LogP contribution in [0.1, 0.15) is 42.9 Å². The summed E-state index contributed by atoms with van der Waals surface area (Å²) >= 11 is 0. The van der Waals surface area contributed by atoms with Crippen LogP contribution in [0.25, 0.3) is 0 Å². The van der Waals surface area contributed by atoms with E-state index in [9.17, 15) is 5.11 Å². The molecule has 2 nitrogen and oxygen atoms in total. The Balaban J connectivity index is 2.22. The summed E-state index contributed by atoms with van der Waals surface area (Å²) in [4.78, 5) is 0. The summed E-state index contributed by atoms with van der Waals surface area (Å²) in [6.45, 7) is 3.14. The monoisotopic (exact) mass is 205 g/mol. The molecule has 0 saturated carbocycles. The van der Waals surface area contributed by atoms with Crippen LogP contribution in [0, 0.1) is 6.92 Å². The van der Waals surface area contributed by atoms with E-state index in [-0.39, 0.29) is 0 Å². The van der Waals surface area contributed by atoms with E-state index in [0.29, 0.717) is 11.8 Å². The Morgan fingerprint density at radius 2 is 2.13 bits per heavy atom. The van der Waals surface area contributed by atoms with E-state index in [1.54, 1.807) is 6.07 Å². The number of phenolic OH excluding ortho intramolecular Hbond substituents is 1. The van der Waals surface area contributed by atoms with E-state index >= 15 is 0 Å². The maximum atomic E-state index is 9.84. The third-order valence-electron chi connectivity index (χ3n) is 3.12. The molecule has 0 aromatic heterocycles. The van der Waals surface area contributed by atoms with Crippen LogP contribution >= 0.6 is 0 Å². The summed E-state index contributed by atoms with van der Waals surface area (Å²) in [5.74, 6) is 0.431. The standard InChI is InChI=1S/C13H19NO/c1-10-6-7-13(15)11(9-10)12-5-3-2-4-8-14-12/h6-7,9,12,14-15H,2-5,8H2,1H3. The molecule has 0 aliphatic carbocycles. The fourth-order valence-corrected chi connectivity index (χ4v) is 2.25. The van der Waals surface area contributed by atoms with Crippen molar-refractivity contribution in [3.63, 3.8) is 0 Å². The van der Waals surface area contributed by atoms with Gasteiger partial charge in [0.1, 0.15) is 5.75 Å². The largest absolute Gasteiger partial charge is 0.508 e. The third-order valence-corrected chi connectivity index (χ3v) is 3.12. The highest BCUT2D eigenvalue weighted by atomic mass is 16.3. The summed E-state index contributed by atoms with van der Waals surface area (Å²) in [7, 11) is 0. The molecule has 0 amide bonds. The quantitative estimate of drug-likeness (QED) is 0.739. The highest BCUT2D eigenvalue weighted by Crippen LogP contribution is 2.30. The predicted molar refractivity (Wildman–Crippen MR) is 62.1 cm³/mol. The molecule has 1 fully saturated rings. The number of aryl methyl sites for hydroxylation is 1. The van der Waals surface area contributed by atoms with Gasteiger partial charge in [-0.05, 0) is 32.4 Å². The average Bonchev–Trinajstić information content (AvgIpc) is 2.50. The van der Waals surface area contributed by atoms with Crippen molar-refractivity contribution in [3.05, 3.63) is 29.3 Å². The Bertz CT molecular complexity index is 327. The topological polar surface area (TPSA) is 32.3 Å². The highest BCUT2D eigenvalue weighted by molar-refractivity contribution is 5.38. The van der Waals surface area contributed by atoms with E-state index in [4.69, 9.17) is 0 Å². The number of hydrogen-bond acceptors (Lipinski definition) is 2. The molecule has 1 heterocycles. The van der Waals surface area contributed by atoms with Gasteiger partial charge < -0.3 is 10.4 Å². The minimum absolute atomic E-state index is 0.340. The lowest BCUT2D eigenvalue weighted by molar-refractivity contribution is 0.443. The second kappa shape index (κ2) is 4.67. The average molecular weight is 205 g/mol. The van der Waals surface area contributed by atoms with E-state index in [1.807, 2.05) is 6.07 Å². The van der Waals surface area contributed by atoms with Crippen molar-refractivity contribution in [1.29, 1.82) is 0 Å². The van der Waals surface area contributed by atoms with Crippen LogP contribution in [-0.2, 0) is 0 Å². The first-order valence-corrected chi connectivity index (χ1v) is 5.80. The zero-order valence-electron chi connectivity index (χ0n) is 9.29. The van der Waals surface area contributed by atoms with Gasteiger partial charge in [-0.25, -0.2) is 0 Å². The highest BCUT2D eigenvalue weighted by Gasteiger charge is 2.16. The first-order valence-electron chi connectivity index (χ1n) is 5.80. The first-order chi connectivity index (χ1) is 7.27. The zero-order valence-corrected chi connectivity index (χ0v) is 9.29. The molecule has 15 heavy (non-hydrogen) atoms. The van der Waals surface area contributed by atoms with E-state index in [1.165, 1.54) is 24.8 Å². The first kappa shape index (κ1) is 10.5. The lowest BCUT2D eigenvalue weighted by atomic mass is 9.99. The van der Waals surface area contributed by atoms with Crippen LogP contribution in [0.2, 0.25) is 0 Å². The molecule has 0 bridgehead atoms. The van der Waals surface area contributed by atoms with Gasteiger partial charge in [-0.3, -0.25) is 0 Å². The van der Waals surface area contributed by atoms with Crippen molar-refractivity contribution in [1.82, 2.24) is 5.32 Å². The molecule has 0 spiro atoms. The maximum absolute atomic E-state index is 9.84. The minimum atomic E-state index is 0.340. The number of rotatable bonds is 1. The van der Waals surface area contributed by atoms with Gasteiger partial charge in [0.25, 0.3) is 0 Å². The molecule has 1 aliphatic rings. The van der Waals surface area contributed by atoms with Gasteiger partial charge in [-0.2, -0.15) is 0 Å². The van der Waals surface area contributed by atoms with Crippen molar-refractivity contribution in [2.45, 2.75) is 38.6 Å². The van der Waals surface area contributed by atoms with Crippen LogP contribution < -0.4 is 5.32 Å². The summed E-state index contributed by atoms with van der Waals surface area (Å²) in [5, 5.41) is 13.3. The number of phenols is 1. The number of benzene rings is 1. The SMILES string of the molecule is Cc1ccc(O)c(C2CCCCCN2)c1. The molecule has 1 aromatic rings. The molecule has 1 aliphatic heterocycles. The Hall–Kier alpha value is -1.02. The van der Waals surface area contributed by atoms with Gasteiger partial charge in [0.2, 0.25) is 0 Å². The summed E-state index contributed by atoms with van der Waals surface area (Å²) in [6.07, 6.45) is 4.95. The van der Waals surface area contributed by atoms with Crippen LogP contribution in [-0.4, -0.2) is 11.7 Å². The molecule has 1 aromatic carbocycles. The number of hydrogen-bond donors (Lipinski definition) is 2. The molecule has 2 rings (SSSR count). The van der Waals surface area contributed by atoms with E-state index in [2.05, 4.69) is 18.3 Å². The lowest BCUT2D eigenvalue weighted by Crippen LogP contribution is -2.20. The van der Waals surface area contributed by atoms with E-state index in [0.717, 1.165) is 18.5 Å². The van der Waals surface area contributed by atoms with Gasteiger partial charge in [0.05, 0.1) is 0 Å². The fraction of sp³-hybridized carbons (Fsp3) is 0.538. The van der Waals surface area contributed by atoms with Crippen LogP contribution in [0.15, 0.2) is 18.2 Å². The van der Waals surface area contributed by atoms with Gasteiger partial charge in [0, 0.05) is 11.6 Å². The van der Waals surface area contributed by atoms with Gasteiger partial charge in [-0.15, -0.1) is 0 Å². The summed E-state index contributed by atoms with van der Waals surface area (Å²) in [6, 6.07) is 6.19. The van der Waals surface area contributed by atoms with Crippen molar-refractivity contribution in [2.24, 2.45) is 0 Å². The van der Waals surface area contributed by atoms with Crippen LogP contribution in [0.4, 0.5) is 0 Å². The fourth-order valence-electron chi connectivity index (χ4n) is 2.25. The van der Waals surface area contributed by atoms with Crippen molar-refractivity contribution >= 4 is 0 Å². The molecule has 1 saturated heterocycles. The zero-order chi connectivity index (χ0) is 10.7. The van der Waals surface area contributed by atoms with Crippen molar-refractivity contribution in [3.8, 4) is 5.75 Å². The van der Waals surface area contributed by atoms with Crippen LogP contribution in [0.3, 0.4) is 0 Å². The molecular formula is C13H19NO. The summed E-state index contributed by atoms with van der Waals surface area (Å²) in [5.41, 5.74) is 2.28. The number of aromatic hydroxyl groups is 1. The molecule has 1 unspecified atom stereocenters. The molecule has 2 N–H and O–H groups in total. The smallest absolute Gasteiger partial charge is 0.120 e. The van der Waals surface area contributed by atoms with Crippen molar-refractivity contribution < 1.29 is 5.11 Å². The van der Waals surface area contributed by atoms with Gasteiger partial charge >= 0.3 is 0 Å². The Morgan fingerprint density at radius 1 is 1.27 bits per heavy atom. The van der Waals surface area contributed by atoms with Gasteiger partial charge in [0.15, 0.2) is 0 Å². The molecule has 1 atom stereocenters. The molecule has 0 radical (unpaired) electrons. The van der Waals surface area contributed by atoms with E-state index < -0.39 is 0 Å². The van der Waals surface area contributed by atoms with Crippen LogP contribution in [0.5, 0.6) is 5.75 Å². The van der Waals surface area contributed by atoms with Gasteiger partial charge in [-0.1, -0.05) is 30.5 Å². The normalized spacial score (nSPS) is 22.3. The number of nitrogens with one attached hydrogen (secondary N) is 1. The second-order valence-corrected chi connectivity index (χ2v) is 4.42. The maximum Gasteiger partial charge on any atom is 0.120 e. The van der Waals surface area contributed by atoms with Crippen molar-refractivity contribution in [2.75, 3.05) is 6.54 Å². The lowest BCUT2D eigenvalue weighted by Gasteiger charge is -2.18. The predicted octanol–water partition coefficient (Wildman–Crippen LogP) is 2.91. The molecule has 2 heteroatoms. The Labute approximate surface area is 91.3 Å². The Morgan fingerprint density at radius 3 is 3.00 bits per heavy atom. The third kappa shape index (κ3) is 2.51. The minimum Gasteiger partial charge on any atom is -0.508 e. The molecule has 82 valence electrons. The molecular weight excluding hydrogens is 186 g/mol.